The van der Waals surface area contributed by atoms with E-state index in [0.717, 1.165) is 16.5 Å². The molecule has 0 radical (unpaired) electrons. The van der Waals surface area contributed by atoms with Gasteiger partial charge in [-0.1, -0.05) is 100 Å². The molecule has 0 bridgehead atoms. The number of carbonyl (C=O) groups is 7. The lowest BCUT2D eigenvalue weighted by Crippen LogP contribution is -2.59. The number of hydrogen-bond donors (Lipinski definition) is 8. The molecule has 3 aromatic carbocycles. The van der Waals surface area contributed by atoms with E-state index < -0.39 is 94.3 Å². The van der Waals surface area contributed by atoms with Gasteiger partial charge in [-0.15, -0.1) is 0 Å². The Kier molecular flexibility index (Phi) is 21.2. The van der Waals surface area contributed by atoms with E-state index in [-0.39, 0.29) is 38.0 Å². The van der Waals surface area contributed by atoms with E-state index in [9.17, 15) is 47.1 Å². The average molecular weight is 993 g/mol. The van der Waals surface area contributed by atoms with Crippen LogP contribution in [-0.2, 0) is 67.9 Å². The van der Waals surface area contributed by atoms with E-state index >= 15 is 0 Å². The number of unbranched alkanes of at least 4 members (excludes halogenated alkanes) is 2. The maximum Gasteiger partial charge on any atom is 0.446 e. The van der Waals surface area contributed by atoms with Crippen molar-refractivity contribution >= 4 is 63.0 Å². The Labute approximate surface area is 407 Å². The molecule has 380 valence electrons. The van der Waals surface area contributed by atoms with Crippen molar-refractivity contribution in [2.45, 2.75) is 135 Å². The molecule has 4 aromatic rings. The summed E-state index contributed by atoms with van der Waals surface area (Å²) in [4.78, 5) is 98.2. The van der Waals surface area contributed by atoms with Crippen molar-refractivity contribution in [1.82, 2.24) is 31.6 Å². The highest BCUT2D eigenvalue weighted by Crippen LogP contribution is 2.21. The Morgan fingerprint density at radius 3 is 1.74 bits per heavy atom. The number of benzene rings is 3. The first-order chi connectivity index (χ1) is 33.1. The highest BCUT2D eigenvalue weighted by atomic mass is 32.3. The van der Waals surface area contributed by atoms with Crippen LogP contribution in [0.3, 0.4) is 0 Å². The molecule has 0 aliphatic carbocycles. The molecular weight excluding hydrogens is 929 g/mol. The summed E-state index contributed by atoms with van der Waals surface area (Å²) in [7, 11) is -4.82. The van der Waals surface area contributed by atoms with Crippen LogP contribution in [0.15, 0.2) is 85.1 Å². The second-order valence-corrected chi connectivity index (χ2v) is 18.7. The maximum atomic E-state index is 14.5. The summed E-state index contributed by atoms with van der Waals surface area (Å²) < 4.78 is 46.8. The van der Waals surface area contributed by atoms with Gasteiger partial charge in [0.1, 0.15) is 41.6 Å². The largest absolute Gasteiger partial charge is 0.481 e. The number of para-hydroxylation sites is 1. The highest BCUT2D eigenvalue weighted by molar-refractivity contribution is 7.81. The van der Waals surface area contributed by atoms with Crippen molar-refractivity contribution in [3.63, 3.8) is 0 Å². The topological polar surface area (TPSA) is 298 Å². The number of aromatic amines is 1. The number of nitrogens with one attached hydrogen (secondary N) is 6. The predicted molar refractivity (Wildman–Crippen MR) is 258 cm³/mol. The van der Waals surface area contributed by atoms with Crippen LogP contribution >= 0.6 is 0 Å². The third kappa shape index (κ3) is 19.2. The highest BCUT2D eigenvalue weighted by Gasteiger charge is 2.34. The smallest absolute Gasteiger partial charge is 0.446 e. The van der Waals surface area contributed by atoms with Gasteiger partial charge in [-0.05, 0) is 68.5 Å². The fourth-order valence-corrected chi connectivity index (χ4v) is 7.61. The Bertz CT molecular complexity index is 2510. The number of aromatic nitrogens is 1. The number of amides is 5. The summed E-state index contributed by atoms with van der Waals surface area (Å²) in [5, 5.41) is 23.6. The minimum absolute atomic E-state index is 0.0771. The zero-order valence-corrected chi connectivity index (χ0v) is 40.8. The van der Waals surface area contributed by atoms with E-state index in [0.29, 0.717) is 43.2 Å². The third-order valence-corrected chi connectivity index (χ3v) is 11.1. The molecule has 0 fully saturated rings. The summed E-state index contributed by atoms with van der Waals surface area (Å²) in [6.07, 6.45) is 2.31. The lowest BCUT2D eigenvalue weighted by Gasteiger charge is -2.27. The van der Waals surface area contributed by atoms with Gasteiger partial charge in [-0.3, -0.25) is 28.5 Å². The van der Waals surface area contributed by atoms with Crippen LogP contribution in [0, 0.1) is 0 Å². The van der Waals surface area contributed by atoms with Gasteiger partial charge >= 0.3 is 28.4 Å². The van der Waals surface area contributed by atoms with Crippen molar-refractivity contribution in [2.24, 2.45) is 0 Å². The van der Waals surface area contributed by atoms with Gasteiger partial charge < -0.3 is 50.3 Å². The number of esters is 1. The van der Waals surface area contributed by atoms with Gasteiger partial charge in [0.25, 0.3) is 0 Å². The molecular formula is C49H64N6O14S. The van der Waals surface area contributed by atoms with Crippen LogP contribution < -0.4 is 30.8 Å². The molecule has 21 heteroatoms. The van der Waals surface area contributed by atoms with Gasteiger partial charge in [0.15, 0.2) is 0 Å². The van der Waals surface area contributed by atoms with Crippen LogP contribution in [0.1, 0.15) is 96.3 Å². The number of rotatable bonds is 27. The van der Waals surface area contributed by atoms with Crippen LogP contribution in [0.5, 0.6) is 5.75 Å². The predicted octanol–water partition coefficient (Wildman–Crippen LogP) is 4.61. The Balaban J connectivity index is 1.60. The molecule has 1 heterocycles. The lowest BCUT2D eigenvalue weighted by atomic mass is 10.0. The molecule has 0 saturated carbocycles. The molecule has 0 aliphatic heterocycles. The minimum Gasteiger partial charge on any atom is -0.481 e. The van der Waals surface area contributed by atoms with Gasteiger partial charge in [0.2, 0.25) is 23.6 Å². The zero-order chi connectivity index (χ0) is 51.4. The fourth-order valence-electron chi connectivity index (χ4n) is 7.25. The molecule has 20 nitrogen and oxygen atoms in total. The molecule has 5 amide bonds. The third-order valence-electron chi connectivity index (χ3n) is 10.7. The van der Waals surface area contributed by atoms with Crippen LogP contribution in [0.2, 0.25) is 0 Å². The second kappa shape index (κ2) is 26.7. The quantitative estimate of drug-likeness (QED) is 0.0299. The first-order valence-electron chi connectivity index (χ1n) is 23.1. The van der Waals surface area contributed by atoms with Crippen LogP contribution in [0.4, 0.5) is 4.79 Å². The number of aliphatic carboxylic acids is 1. The number of carbonyl (C=O) groups excluding carboxylic acids is 6. The number of ether oxygens (including phenoxy) is 2. The van der Waals surface area contributed by atoms with Crippen molar-refractivity contribution in [3.05, 3.63) is 102 Å². The van der Waals surface area contributed by atoms with E-state index in [1.165, 1.54) is 24.3 Å². The number of fused-ring (bicyclic) bond motifs is 1. The average Bonchev–Trinajstić information content (AvgIpc) is 3.70. The molecule has 70 heavy (non-hydrogen) atoms. The van der Waals surface area contributed by atoms with Crippen molar-refractivity contribution in [3.8, 4) is 5.75 Å². The van der Waals surface area contributed by atoms with E-state index in [1.807, 2.05) is 62.4 Å². The fraction of sp³-hybridized carbons (Fsp3) is 0.449. The lowest BCUT2D eigenvalue weighted by molar-refractivity contribution is -0.152. The van der Waals surface area contributed by atoms with Gasteiger partial charge in [-0.25, -0.2) is 9.59 Å². The second-order valence-electron chi connectivity index (χ2n) is 17.7. The van der Waals surface area contributed by atoms with E-state index in [4.69, 9.17) is 14.0 Å². The standard InChI is InChI=1S/C49H64N6O14S/c1-6-8-18-37(51-45(60)39(55-48(63)68-49(3,4)5)27-32-21-23-34(24-22-32)69-70(64,65)66)43(58)53-40(28-33-30-50-36-20-14-13-17-35(33)36)46(61)52-38(19-9-7-2)44(59)54-41(29-42(56)57)47(62)67-26-25-31-15-11-10-12-16-31/h10-17,20-24,30,37-41,50H,6-9,18-19,25-29H2,1-5H3,(H,51,60)(H,52,61)(H,53,58)(H,54,59)(H,55,63)(H,56,57)(H,64,65,66)/t37-,38-,39-,40-,41-/m0/s1. The van der Waals surface area contributed by atoms with Crippen LogP contribution in [-0.4, -0.2) is 107 Å². The summed E-state index contributed by atoms with van der Waals surface area (Å²) in [6, 6.07) is 14.9. The normalized spacial score (nSPS) is 13.6. The Morgan fingerprint density at radius 1 is 0.657 bits per heavy atom. The number of carboxylic acid groups (broad SMARTS) is 1. The van der Waals surface area contributed by atoms with Crippen molar-refractivity contribution in [1.29, 1.82) is 0 Å². The van der Waals surface area contributed by atoms with Crippen molar-refractivity contribution < 1.29 is 65.3 Å². The summed E-state index contributed by atoms with van der Waals surface area (Å²) >= 11 is 0. The molecule has 8 N–H and O–H groups in total. The Morgan fingerprint density at radius 2 is 1.19 bits per heavy atom. The molecule has 4 rings (SSSR count). The first kappa shape index (κ1) is 55.6. The summed E-state index contributed by atoms with van der Waals surface area (Å²) in [5.41, 5.74) is 1.73. The van der Waals surface area contributed by atoms with E-state index in [2.05, 4.69) is 35.8 Å². The maximum absolute atomic E-state index is 14.5. The molecule has 5 atom stereocenters. The SMILES string of the molecule is CCCC[C@H](NC(=O)[C@H](Cc1ccc(OS(=O)(=O)O)cc1)NC(=O)OC(C)(C)C)C(=O)N[C@@H](Cc1c[nH]c2ccccc12)C(=O)N[C@@H](CCCC)C(=O)N[C@@H](CC(=O)O)C(=O)OCCc1ccccc1. The first-order valence-corrected chi connectivity index (χ1v) is 24.4. The number of H-pyrrole nitrogens is 1. The molecule has 1 aromatic heterocycles. The molecule has 0 unspecified atom stereocenters. The van der Waals surface area contributed by atoms with Gasteiger partial charge in [0, 0.05) is 36.4 Å². The van der Waals surface area contributed by atoms with Gasteiger partial charge in [0.05, 0.1) is 13.0 Å². The van der Waals surface area contributed by atoms with E-state index in [1.54, 1.807) is 33.0 Å². The molecule has 0 spiro atoms. The summed E-state index contributed by atoms with van der Waals surface area (Å²) in [5.74, 6) is -5.76. The van der Waals surface area contributed by atoms with Crippen LogP contribution in [0.25, 0.3) is 10.9 Å². The summed E-state index contributed by atoms with van der Waals surface area (Å²) in [6.45, 7) is 8.55. The monoisotopic (exact) mass is 992 g/mol. The Hall–Kier alpha value is -7.00. The number of alkyl carbamates (subject to hydrolysis) is 1. The van der Waals surface area contributed by atoms with Crippen molar-refractivity contribution in [2.75, 3.05) is 6.61 Å². The molecule has 0 saturated heterocycles. The zero-order valence-electron chi connectivity index (χ0n) is 39.9. The van der Waals surface area contributed by atoms with Gasteiger partial charge in [-0.2, -0.15) is 8.42 Å². The molecule has 0 aliphatic rings. The minimum atomic E-state index is -4.82. The number of hydrogen-bond acceptors (Lipinski definition) is 12. The number of carboxylic acids is 1.